The molecule has 4 heterocycles. The Hall–Kier alpha value is -3.80. The third-order valence-electron chi connectivity index (χ3n) is 6.57. The summed E-state index contributed by atoms with van der Waals surface area (Å²) in [5.74, 6) is 0. The summed E-state index contributed by atoms with van der Waals surface area (Å²) in [6.07, 6.45) is 3.60. The summed E-state index contributed by atoms with van der Waals surface area (Å²) >= 11 is 3.61. The Kier molecular flexibility index (Phi) is 3.42. The van der Waals surface area contributed by atoms with Crippen molar-refractivity contribution in [3.8, 4) is 5.69 Å². The molecule has 0 N–H and O–H groups in total. The maximum atomic E-state index is 4.56. The third-order valence-corrected chi connectivity index (χ3v) is 8.86. The second-order valence-electron chi connectivity index (χ2n) is 8.28. The van der Waals surface area contributed by atoms with Gasteiger partial charge in [0, 0.05) is 47.9 Å². The molecule has 3 nitrogen and oxygen atoms in total. The molecule has 0 fully saturated rings. The molecule has 0 saturated heterocycles. The van der Waals surface area contributed by atoms with Gasteiger partial charge >= 0.3 is 0 Å². The average Bonchev–Trinajstić information content (AvgIpc) is 3.53. The van der Waals surface area contributed by atoms with Gasteiger partial charge in [-0.1, -0.05) is 54.6 Å². The molecule has 4 aromatic carbocycles. The topological polar surface area (TPSA) is 30.7 Å². The van der Waals surface area contributed by atoms with Crippen molar-refractivity contribution in [3.05, 3.63) is 91.4 Å². The summed E-state index contributed by atoms with van der Waals surface area (Å²) in [6, 6.07) is 28.6. The van der Waals surface area contributed by atoms with Crippen LogP contribution in [0.5, 0.6) is 0 Å². The highest BCUT2D eigenvalue weighted by Crippen LogP contribution is 2.44. The van der Waals surface area contributed by atoms with E-state index in [1.54, 1.807) is 17.7 Å². The van der Waals surface area contributed by atoms with Crippen LogP contribution in [0.4, 0.5) is 0 Å². The van der Waals surface area contributed by atoms with Crippen LogP contribution in [-0.4, -0.2) is 14.5 Å². The average molecular weight is 458 g/mol. The smallest absolute Gasteiger partial charge is 0.127 e. The molecule has 0 radical (unpaired) electrons. The molecule has 0 bridgehead atoms. The lowest BCUT2D eigenvalue weighted by molar-refractivity contribution is 1.21. The molecular weight excluding hydrogens is 442 g/mol. The molecule has 154 valence electrons. The van der Waals surface area contributed by atoms with Crippen molar-refractivity contribution in [2.75, 3.05) is 0 Å². The predicted molar refractivity (Wildman–Crippen MR) is 142 cm³/mol. The Morgan fingerprint density at radius 2 is 1.48 bits per heavy atom. The van der Waals surface area contributed by atoms with Crippen molar-refractivity contribution in [1.82, 2.24) is 14.5 Å². The van der Waals surface area contributed by atoms with E-state index in [2.05, 4.69) is 93.4 Å². The monoisotopic (exact) mass is 457 g/mol. The molecule has 0 spiro atoms. The van der Waals surface area contributed by atoms with Gasteiger partial charge in [-0.2, -0.15) is 0 Å². The van der Waals surface area contributed by atoms with Gasteiger partial charge in [-0.15, -0.1) is 22.7 Å². The molecule has 0 aliphatic rings. The van der Waals surface area contributed by atoms with E-state index in [1.165, 1.54) is 57.8 Å². The lowest BCUT2D eigenvalue weighted by Crippen LogP contribution is -1.94. The van der Waals surface area contributed by atoms with Gasteiger partial charge in [0.2, 0.25) is 0 Å². The van der Waals surface area contributed by atoms with E-state index in [4.69, 9.17) is 0 Å². The van der Waals surface area contributed by atoms with E-state index in [0.29, 0.717) is 0 Å². The van der Waals surface area contributed by atoms with E-state index >= 15 is 0 Å². The minimum Gasteiger partial charge on any atom is -0.307 e. The van der Waals surface area contributed by atoms with Crippen molar-refractivity contribution in [2.24, 2.45) is 0 Å². The molecule has 0 atom stereocenters. The van der Waals surface area contributed by atoms with Crippen molar-refractivity contribution in [3.63, 3.8) is 0 Å². The quantitative estimate of drug-likeness (QED) is 0.248. The summed E-state index contributed by atoms with van der Waals surface area (Å²) in [7, 11) is 0. The number of aromatic nitrogens is 3. The first-order valence-electron chi connectivity index (χ1n) is 10.8. The zero-order chi connectivity index (χ0) is 21.5. The van der Waals surface area contributed by atoms with Gasteiger partial charge in [-0.25, -0.2) is 9.97 Å². The molecule has 0 amide bonds. The fourth-order valence-electron chi connectivity index (χ4n) is 5.22. The van der Waals surface area contributed by atoms with E-state index in [-0.39, 0.29) is 0 Å². The number of hydrogen-bond acceptors (Lipinski definition) is 4. The molecule has 0 aliphatic carbocycles. The normalized spacial score (nSPS) is 12.2. The Bertz CT molecular complexity index is 2040. The first-order valence-corrected chi connectivity index (χ1v) is 12.5. The fraction of sp³-hybridized carbons (Fsp3) is 0. The van der Waals surface area contributed by atoms with E-state index in [0.717, 1.165) is 10.2 Å². The number of rotatable bonds is 1. The second-order valence-corrected chi connectivity index (χ2v) is 10.4. The molecular formula is C28H15N3S2. The summed E-state index contributed by atoms with van der Waals surface area (Å²) < 4.78 is 6.34. The summed E-state index contributed by atoms with van der Waals surface area (Å²) in [4.78, 5) is 9.96. The summed E-state index contributed by atoms with van der Waals surface area (Å²) in [5, 5.41) is 7.52. The van der Waals surface area contributed by atoms with Crippen LogP contribution >= 0.6 is 22.7 Å². The first kappa shape index (κ1) is 17.7. The summed E-state index contributed by atoms with van der Waals surface area (Å²) in [5.41, 5.74) is 3.68. The Morgan fingerprint density at radius 3 is 2.45 bits per heavy atom. The SMILES string of the molecule is c1ccc2c(c1)sc1c(-n3c4ccccc4c4ccc5sc6ncncc6c5c43)cccc12. The van der Waals surface area contributed by atoms with Gasteiger partial charge in [0.1, 0.15) is 11.2 Å². The first-order chi connectivity index (χ1) is 16.4. The van der Waals surface area contributed by atoms with E-state index in [9.17, 15) is 0 Å². The largest absolute Gasteiger partial charge is 0.307 e. The zero-order valence-electron chi connectivity index (χ0n) is 17.3. The summed E-state index contributed by atoms with van der Waals surface area (Å²) in [6.45, 7) is 0. The maximum absolute atomic E-state index is 4.56. The Balaban J connectivity index is 1.66. The van der Waals surface area contributed by atoms with Crippen LogP contribution in [-0.2, 0) is 0 Å². The fourth-order valence-corrected chi connectivity index (χ4v) is 7.44. The number of fused-ring (bicyclic) bond motifs is 10. The van der Waals surface area contributed by atoms with Crippen LogP contribution in [0.15, 0.2) is 91.4 Å². The van der Waals surface area contributed by atoms with Crippen LogP contribution in [0, 0.1) is 0 Å². The van der Waals surface area contributed by atoms with E-state index < -0.39 is 0 Å². The van der Waals surface area contributed by atoms with Gasteiger partial charge in [-0.05, 0) is 24.3 Å². The standard InChI is InChI=1S/C28H15N3S2/c1-3-9-21-16(6-1)18-12-13-24-25(20-14-29-15-30-28(20)33-24)26(18)31(21)22-10-5-8-19-17-7-2-4-11-23(17)32-27(19)22/h1-15H. The van der Waals surface area contributed by atoms with Gasteiger partial charge in [0.05, 0.1) is 21.4 Å². The lowest BCUT2D eigenvalue weighted by Gasteiger charge is -2.10. The molecule has 8 aromatic rings. The van der Waals surface area contributed by atoms with Gasteiger partial charge in [-0.3, -0.25) is 0 Å². The number of thiophene rings is 2. The van der Waals surface area contributed by atoms with Crippen molar-refractivity contribution >= 4 is 85.0 Å². The van der Waals surface area contributed by atoms with Gasteiger partial charge in [0.15, 0.2) is 0 Å². The van der Waals surface area contributed by atoms with Crippen LogP contribution in [0.3, 0.4) is 0 Å². The van der Waals surface area contributed by atoms with Crippen LogP contribution in [0.25, 0.3) is 68.0 Å². The van der Waals surface area contributed by atoms with Gasteiger partial charge < -0.3 is 4.57 Å². The van der Waals surface area contributed by atoms with Crippen LogP contribution in [0.1, 0.15) is 0 Å². The van der Waals surface area contributed by atoms with Gasteiger partial charge in [0.25, 0.3) is 0 Å². The predicted octanol–water partition coefficient (Wildman–Crippen LogP) is 8.31. The highest BCUT2D eigenvalue weighted by Gasteiger charge is 2.20. The number of para-hydroxylation sites is 1. The minimum absolute atomic E-state index is 1.03. The van der Waals surface area contributed by atoms with Crippen molar-refractivity contribution < 1.29 is 0 Å². The second kappa shape index (κ2) is 6.38. The Morgan fingerprint density at radius 1 is 0.636 bits per heavy atom. The van der Waals surface area contributed by atoms with E-state index in [1.807, 2.05) is 17.5 Å². The highest BCUT2D eigenvalue weighted by molar-refractivity contribution is 7.26. The minimum atomic E-state index is 1.03. The Labute approximate surface area is 196 Å². The molecule has 0 saturated carbocycles. The third kappa shape index (κ3) is 2.28. The maximum Gasteiger partial charge on any atom is 0.127 e. The van der Waals surface area contributed by atoms with Crippen molar-refractivity contribution in [1.29, 1.82) is 0 Å². The number of hydrogen-bond donors (Lipinski definition) is 0. The zero-order valence-corrected chi connectivity index (χ0v) is 19.0. The highest BCUT2D eigenvalue weighted by atomic mass is 32.1. The molecule has 0 unspecified atom stereocenters. The lowest BCUT2D eigenvalue weighted by atomic mass is 10.1. The molecule has 4 aromatic heterocycles. The number of benzene rings is 4. The molecule has 33 heavy (non-hydrogen) atoms. The van der Waals surface area contributed by atoms with Crippen molar-refractivity contribution in [2.45, 2.75) is 0 Å². The van der Waals surface area contributed by atoms with Crippen LogP contribution in [0.2, 0.25) is 0 Å². The molecule has 5 heteroatoms. The number of nitrogens with zero attached hydrogens (tertiary/aromatic N) is 3. The molecule has 0 aliphatic heterocycles. The van der Waals surface area contributed by atoms with Crippen LogP contribution < -0.4 is 0 Å². The molecule has 8 rings (SSSR count).